The number of carbonyl (C=O) groups is 1. The van der Waals surface area contributed by atoms with Crippen LogP contribution in [0.4, 0.5) is 14.9 Å². The SMILES string of the molecule is CN(CCOc1ccc(F)cc1)C(=O)Nc1ccccc1Cl. The van der Waals surface area contributed by atoms with Gasteiger partial charge in [0.05, 0.1) is 17.3 Å². The maximum Gasteiger partial charge on any atom is 0.321 e. The molecule has 0 aromatic heterocycles. The van der Waals surface area contributed by atoms with Crippen LogP contribution in [0.3, 0.4) is 0 Å². The Bertz CT molecular complexity index is 634. The van der Waals surface area contributed by atoms with Crippen LogP contribution in [0.15, 0.2) is 48.5 Å². The first-order chi connectivity index (χ1) is 10.6. The number of nitrogens with one attached hydrogen (secondary N) is 1. The molecule has 0 atom stereocenters. The summed E-state index contributed by atoms with van der Waals surface area (Å²) in [6, 6.07) is 12.5. The molecule has 2 aromatic rings. The summed E-state index contributed by atoms with van der Waals surface area (Å²) in [5.41, 5.74) is 0.556. The van der Waals surface area contributed by atoms with Crippen molar-refractivity contribution in [2.24, 2.45) is 0 Å². The summed E-state index contributed by atoms with van der Waals surface area (Å²) in [6.45, 7) is 0.686. The van der Waals surface area contributed by atoms with E-state index in [9.17, 15) is 9.18 Å². The predicted molar refractivity (Wildman–Crippen MR) is 85.0 cm³/mol. The summed E-state index contributed by atoms with van der Waals surface area (Å²) in [5.74, 6) is 0.241. The first kappa shape index (κ1) is 16.1. The van der Waals surface area contributed by atoms with Crippen LogP contribution in [0, 0.1) is 5.82 Å². The smallest absolute Gasteiger partial charge is 0.321 e. The van der Waals surface area contributed by atoms with E-state index in [2.05, 4.69) is 5.32 Å². The fraction of sp³-hybridized carbons (Fsp3) is 0.188. The van der Waals surface area contributed by atoms with E-state index in [1.807, 2.05) is 0 Å². The van der Waals surface area contributed by atoms with Gasteiger partial charge in [-0.05, 0) is 36.4 Å². The number of hydrogen-bond acceptors (Lipinski definition) is 2. The van der Waals surface area contributed by atoms with Crippen LogP contribution in [0.2, 0.25) is 5.02 Å². The summed E-state index contributed by atoms with van der Waals surface area (Å²) < 4.78 is 18.2. The summed E-state index contributed by atoms with van der Waals surface area (Å²) in [4.78, 5) is 13.5. The number of benzene rings is 2. The van der Waals surface area contributed by atoms with Gasteiger partial charge in [-0.1, -0.05) is 23.7 Å². The topological polar surface area (TPSA) is 41.6 Å². The minimum atomic E-state index is -0.316. The molecule has 0 saturated carbocycles. The van der Waals surface area contributed by atoms with Gasteiger partial charge >= 0.3 is 6.03 Å². The third-order valence-electron chi connectivity index (χ3n) is 2.97. The van der Waals surface area contributed by atoms with Gasteiger partial charge in [0.2, 0.25) is 0 Å². The summed E-state index contributed by atoms with van der Waals surface area (Å²) in [7, 11) is 1.65. The third-order valence-corrected chi connectivity index (χ3v) is 3.30. The first-order valence-corrected chi connectivity index (χ1v) is 7.09. The molecule has 0 saturated heterocycles. The number of anilines is 1. The van der Waals surface area contributed by atoms with Crippen molar-refractivity contribution in [1.29, 1.82) is 0 Å². The predicted octanol–water partition coefficient (Wildman–Crippen LogP) is 4.02. The van der Waals surface area contributed by atoms with Gasteiger partial charge in [-0.25, -0.2) is 9.18 Å². The number of para-hydroxylation sites is 1. The second kappa shape index (κ2) is 7.66. The Hall–Kier alpha value is -2.27. The molecule has 0 aliphatic heterocycles. The Morgan fingerprint density at radius 1 is 1.23 bits per heavy atom. The number of ether oxygens (including phenoxy) is 1. The standard InChI is InChI=1S/C16H16ClFN2O2/c1-20(10-11-22-13-8-6-12(18)7-9-13)16(21)19-15-5-3-2-4-14(15)17/h2-9H,10-11H2,1H3,(H,19,21). The molecule has 116 valence electrons. The number of halogens is 2. The van der Waals surface area contributed by atoms with Gasteiger partial charge in [-0.15, -0.1) is 0 Å². The number of amides is 2. The Labute approximate surface area is 133 Å². The number of hydrogen-bond donors (Lipinski definition) is 1. The lowest BCUT2D eigenvalue weighted by atomic mass is 10.3. The molecule has 2 amide bonds. The molecule has 22 heavy (non-hydrogen) atoms. The van der Waals surface area contributed by atoms with Crippen LogP contribution in [0.5, 0.6) is 5.75 Å². The summed E-state index contributed by atoms with van der Waals surface area (Å²) >= 11 is 5.98. The molecule has 0 aliphatic carbocycles. The zero-order valence-electron chi connectivity index (χ0n) is 12.1. The first-order valence-electron chi connectivity index (χ1n) is 6.71. The van der Waals surface area contributed by atoms with Crippen molar-refractivity contribution in [3.8, 4) is 5.75 Å². The molecule has 0 bridgehead atoms. The maximum absolute atomic E-state index is 12.8. The molecule has 0 heterocycles. The average Bonchev–Trinajstić information content (AvgIpc) is 2.51. The third kappa shape index (κ3) is 4.63. The van der Waals surface area contributed by atoms with Gasteiger partial charge in [-0.2, -0.15) is 0 Å². The van der Waals surface area contributed by atoms with Crippen LogP contribution >= 0.6 is 11.6 Å². The van der Waals surface area contributed by atoms with Crippen molar-refractivity contribution in [1.82, 2.24) is 4.90 Å². The van der Waals surface area contributed by atoms with Crippen LogP contribution in [-0.4, -0.2) is 31.1 Å². The molecule has 4 nitrogen and oxygen atoms in total. The van der Waals surface area contributed by atoms with Crippen LogP contribution in [0.25, 0.3) is 0 Å². The van der Waals surface area contributed by atoms with Crippen molar-refractivity contribution in [3.63, 3.8) is 0 Å². The van der Waals surface area contributed by atoms with Gasteiger partial charge in [-0.3, -0.25) is 0 Å². The van der Waals surface area contributed by atoms with E-state index in [4.69, 9.17) is 16.3 Å². The van der Waals surface area contributed by atoms with Crippen molar-refractivity contribution >= 4 is 23.3 Å². The van der Waals surface area contributed by atoms with E-state index < -0.39 is 0 Å². The van der Waals surface area contributed by atoms with Gasteiger partial charge in [0.15, 0.2) is 0 Å². The van der Waals surface area contributed by atoms with Crippen molar-refractivity contribution in [2.75, 3.05) is 25.5 Å². The number of urea groups is 1. The highest BCUT2D eigenvalue weighted by Crippen LogP contribution is 2.20. The lowest BCUT2D eigenvalue weighted by Crippen LogP contribution is -2.34. The largest absolute Gasteiger partial charge is 0.492 e. The molecule has 6 heteroatoms. The highest BCUT2D eigenvalue weighted by atomic mass is 35.5. The number of nitrogens with zero attached hydrogens (tertiary/aromatic N) is 1. The van der Waals surface area contributed by atoms with Crippen molar-refractivity contribution < 1.29 is 13.9 Å². The van der Waals surface area contributed by atoms with E-state index in [1.54, 1.807) is 43.4 Å². The zero-order valence-corrected chi connectivity index (χ0v) is 12.8. The second-order valence-corrected chi connectivity index (χ2v) is 5.04. The molecule has 0 radical (unpaired) electrons. The Morgan fingerprint density at radius 3 is 2.59 bits per heavy atom. The van der Waals surface area contributed by atoms with Crippen LogP contribution in [0.1, 0.15) is 0 Å². The minimum Gasteiger partial charge on any atom is -0.492 e. The molecule has 0 aliphatic rings. The van der Waals surface area contributed by atoms with Crippen molar-refractivity contribution in [2.45, 2.75) is 0 Å². The molecule has 0 fully saturated rings. The van der Waals surface area contributed by atoms with Crippen LogP contribution in [-0.2, 0) is 0 Å². The normalized spacial score (nSPS) is 10.1. The quantitative estimate of drug-likeness (QED) is 0.903. The number of carbonyl (C=O) groups excluding carboxylic acids is 1. The molecule has 0 unspecified atom stereocenters. The Morgan fingerprint density at radius 2 is 1.91 bits per heavy atom. The second-order valence-electron chi connectivity index (χ2n) is 4.63. The van der Waals surface area contributed by atoms with Gasteiger partial charge in [0.1, 0.15) is 18.2 Å². The minimum absolute atomic E-state index is 0.282. The monoisotopic (exact) mass is 322 g/mol. The Kier molecular flexibility index (Phi) is 5.61. The van der Waals surface area contributed by atoms with E-state index in [1.165, 1.54) is 17.0 Å². The fourth-order valence-electron chi connectivity index (χ4n) is 1.71. The lowest BCUT2D eigenvalue weighted by molar-refractivity contribution is 0.207. The van der Waals surface area contributed by atoms with E-state index in [-0.39, 0.29) is 11.8 Å². The molecule has 2 rings (SSSR count). The number of likely N-dealkylation sites (N-methyl/N-ethyl adjacent to an activating group) is 1. The molecular formula is C16H16ClFN2O2. The van der Waals surface area contributed by atoms with E-state index in [0.29, 0.717) is 29.6 Å². The molecular weight excluding hydrogens is 307 g/mol. The van der Waals surface area contributed by atoms with E-state index >= 15 is 0 Å². The average molecular weight is 323 g/mol. The fourth-order valence-corrected chi connectivity index (χ4v) is 1.89. The molecule has 2 aromatic carbocycles. The molecule has 1 N–H and O–H groups in total. The Balaban J connectivity index is 1.79. The maximum atomic E-state index is 12.8. The van der Waals surface area contributed by atoms with Gasteiger partial charge in [0.25, 0.3) is 0 Å². The van der Waals surface area contributed by atoms with Gasteiger partial charge < -0.3 is 15.0 Å². The van der Waals surface area contributed by atoms with E-state index in [0.717, 1.165) is 0 Å². The highest BCUT2D eigenvalue weighted by Gasteiger charge is 2.10. The zero-order chi connectivity index (χ0) is 15.9. The highest BCUT2D eigenvalue weighted by molar-refractivity contribution is 6.33. The summed E-state index contributed by atoms with van der Waals surface area (Å²) in [5, 5.41) is 3.19. The van der Waals surface area contributed by atoms with Crippen molar-refractivity contribution in [3.05, 3.63) is 59.4 Å². The lowest BCUT2D eigenvalue weighted by Gasteiger charge is -2.18. The van der Waals surface area contributed by atoms with Gasteiger partial charge in [0, 0.05) is 7.05 Å². The molecule has 0 spiro atoms. The number of rotatable bonds is 5. The summed E-state index contributed by atoms with van der Waals surface area (Å²) in [6.07, 6.45) is 0. The van der Waals surface area contributed by atoms with Crippen LogP contribution < -0.4 is 10.1 Å².